The molecule has 0 radical (unpaired) electrons. The Bertz CT molecular complexity index is 1440. The molecule has 2 aliphatic heterocycles. The lowest BCUT2D eigenvalue weighted by Crippen LogP contribution is -2.47. The smallest absolute Gasteiger partial charge is 0.410 e. The zero-order valence-corrected chi connectivity index (χ0v) is 26.0. The van der Waals surface area contributed by atoms with Crippen LogP contribution in [0.2, 0.25) is 5.02 Å². The number of amides is 1. The van der Waals surface area contributed by atoms with Crippen molar-refractivity contribution in [2.75, 3.05) is 26.2 Å². The van der Waals surface area contributed by atoms with Gasteiger partial charge in [-0.1, -0.05) is 18.0 Å². The first-order valence-corrected chi connectivity index (χ1v) is 16.5. The Morgan fingerprint density at radius 3 is 2.33 bits per heavy atom. The van der Waals surface area contributed by atoms with Gasteiger partial charge >= 0.3 is 6.09 Å². The summed E-state index contributed by atoms with van der Waals surface area (Å²) in [5.74, 6) is 0.559. The van der Waals surface area contributed by atoms with Gasteiger partial charge in [0.1, 0.15) is 17.5 Å². The molecule has 0 spiro atoms. The highest BCUT2D eigenvalue weighted by atomic mass is 35.5. The zero-order valence-electron chi connectivity index (χ0n) is 24.4. The van der Waals surface area contributed by atoms with Crippen molar-refractivity contribution in [1.82, 2.24) is 14.5 Å². The minimum Gasteiger partial charge on any atom is -0.484 e. The Hall–Kier alpha value is -2.84. The lowest BCUT2D eigenvalue weighted by Gasteiger charge is -2.36. The Balaban J connectivity index is 1.26. The zero-order chi connectivity index (χ0) is 30.1. The molecule has 226 valence electrons. The molecule has 0 aromatic heterocycles. The second-order valence-corrected chi connectivity index (χ2v) is 14.5. The van der Waals surface area contributed by atoms with Crippen molar-refractivity contribution < 1.29 is 22.7 Å². The van der Waals surface area contributed by atoms with Crippen molar-refractivity contribution in [3.8, 4) is 5.75 Å². The van der Waals surface area contributed by atoms with Crippen LogP contribution in [0.1, 0.15) is 70.1 Å². The van der Waals surface area contributed by atoms with E-state index < -0.39 is 15.6 Å². The van der Waals surface area contributed by atoms with Crippen molar-refractivity contribution in [2.45, 2.75) is 88.0 Å². The van der Waals surface area contributed by atoms with Crippen molar-refractivity contribution in [3.63, 3.8) is 0 Å². The van der Waals surface area contributed by atoms with E-state index in [2.05, 4.69) is 14.5 Å². The number of carbonyl (C=O) groups excluding carboxylic acids is 1. The van der Waals surface area contributed by atoms with Gasteiger partial charge in [-0.3, -0.25) is 4.90 Å². The number of nitrogens with zero attached hydrogens (tertiary/aromatic N) is 3. The number of hydrogen-bond donors (Lipinski definition) is 1. The van der Waals surface area contributed by atoms with E-state index in [1.807, 2.05) is 26.8 Å². The summed E-state index contributed by atoms with van der Waals surface area (Å²) in [7, 11) is -3.76. The van der Waals surface area contributed by atoms with Crippen LogP contribution in [-0.4, -0.2) is 68.2 Å². The first kappa shape index (κ1) is 30.6. The van der Waals surface area contributed by atoms with E-state index in [4.69, 9.17) is 27.6 Å². The summed E-state index contributed by atoms with van der Waals surface area (Å²) in [5.41, 5.74) is 1.90. The molecule has 1 aliphatic carbocycles. The second-order valence-electron chi connectivity index (χ2n) is 12.3. The molecule has 11 heteroatoms. The minimum atomic E-state index is -3.76. The van der Waals surface area contributed by atoms with Gasteiger partial charge in [0.2, 0.25) is 10.0 Å². The maximum absolute atomic E-state index is 13.2. The van der Waals surface area contributed by atoms with E-state index in [0.29, 0.717) is 42.4 Å². The van der Waals surface area contributed by atoms with Crippen molar-refractivity contribution in [2.24, 2.45) is 0 Å². The molecule has 42 heavy (non-hydrogen) atoms. The molecule has 2 heterocycles. The number of carbonyl (C=O) groups is 1. The van der Waals surface area contributed by atoms with Crippen molar-refractivity contribution >= 4 is 33.4 Å². The van der Waals surface area contributed by atoms with Gasteiger partial charge in [0.25, 0.3) is 0 Å². The number of sulfonamides is 1. The van der Waals surface area contributed by atoms with Crippen LogP contribution in [0.15, 0.2) is 41.3 Å². The number of halogens is 1. The average molecular weight is 615 g/mol. The number of hydrogen-bond acceptors (Lipinski definition) is 6. The molecule has 2 fully saturated rings. The quantitative estimate of drug-likeness (QED) is 0.395. The molecular formula is C31H39ClN4O5S. The summed E-state index contributed by atoms with van der Waals surface area (Å²) < 4.78 is 41.1. The van der Waals surface area contributed by atoms with Crippen LogP contribution >= 0.6 is 11.6 Å². The Kier molecular flexibility index (Phi) is 9.05. The number of fused-ring (bicyclic) bond motifs is 1. The Morgan fingerprint density at radius 2 is 1.71 bits per heavy atom. The van der Waals surface area contributed by atoms with Gasteiger partial charge in [-0.05, 0) is 113 Å². The van der Waals surface area contributed by atoms with E-state index in [-0.39, 0.29) is 29.2 Å². The molecule has 1 N–H and O–H groups in total. The summed E-state index contributed by atoms with van der Waals surface area (Å²) >= 11 is 6.40. The summed E-state index contributed by atoms with van der Waals surface area (Å²) in [4.78, 5) is 20.3. The van der Waals surface area contributed by atoms with Crippen LogP contribution in [0.3, 0.4) is 0 Å². The van der Waals surface area contributed by atoms with Crippen molar-refractivity contribution in [3.05, 3.63) is 64.0 Å². The predicted octanol–water partition coefficient (Wildman–Crippen LogP) is 6.10. The largest absolute Gasteiger partial charge is 0.484 e. The van der Waals surface area contributed by atoms with E-state index in [1.165, 1.54) is 6.42 Å². The third-order valence-electron chi connectivity index (χ3n) is 8.14. The second kappa shape index (κ2) is 12.4. The fourth-order valence-electron chi connectivity index (χ4n) is 6.09. The Morgan fingerprint density at radius 1 is 1.05 bits per heavy atom. The SMILES string of the molecule is [C-]#[N+]c1cc(Cl)cc2c1C[C@H](N1CCCCC1)[C@H]2Oc1ccc(S(=O)(=O)NC2CCN(C(=O)OC(C)(C)C)CC2)cc1. The van der Waals surface area contributed by atoms with Crippen LogP contribution in [0.25, 0.3) is 4.85 Å². The molecular weight excluding hydrogens is 576 g/mol. The highest BCUT2D eigenvalue weighted by Crippen LogP contribution is 2.44. The fraction of sp³-hybridized carbons (Fsp3) is 0.548. The molecule has 2 aromatic carbocycles. The number of likely N-dealkylation sites (tertiary alicyclic amines) is 2. The van der Waals surface area contributed by atoms with Crippen LogP contribution in [0.4, 0.5) is 10.5 Å². The monoisotopic (exact) mass is 614 g/mol. The molecule has 2 saturated heterocycles. The van der Waals surface area contributed by atoms with Crippen LogP contribution in [0.5, 0.6) is 5.75 Å². The van der Waals surface area contributed by atoms with Gasteiger partial charge in [-0.2, -0.15) is 0 Å². The molecule has 3 aliphatic rings. The van der Waals surface area contributed by atoms with Gasteiger partial charge in [-0.15, -0.1) is 0 Å². The number of ether oxygens (including phenoxy) is 2. The summed E-state index contributed by atoms with van der Waals surface area (Å²) in [6.07, 6.45) is 4.53. The standard InChI is InChI=1S/C31H39ClN4O5S/c1-31(2,3)41-30(37)36-16-12-22(13-17-36)34-42(38,39)24-10-8-23(9-11-24)40-29-26-18-21(32)19-27(33-4)25(26)20-28(29)35-14-6-5-7-15-35/h8-11,18-19,22,28-29,34H,5-7,12-17,20H2,1-3H3/t28-,29-/m0/s1. The van der Waals surface area contributed by atoms with E-state index in [0.717, 1.165) is 43.5 Å². The molecule has 9 nitrogen and oxygen atoms in total. The molecule has 2 aromatic rings. The van der Waals surface area contributed by atoms with E-state index in [9.17, 15) is 13.2 Å². The molecule has 5 rings (SSSR count). The van der Waals surface area contributed by atoms with E-state index >= 15 is 0 Å². The highest BCUT2D eigenvalue weighted by molar-refractivity contribution is 7.89. The molecule has 0 bridgehead atoms. The molecule has 1 amide bonds. The van der Waals surface area contributed by atoms with Crippen LogP contribution < -0.4 is 9.46 Å². The fourth-order valence-corrected chi connectivity index (χ4v) is 7.62. The predicted molar refractivity (Wildman–Crippen MR) is 162 cm³/mol. The summed E-state index contributed by atoms with van der Waals surface area (Å²) in [6.45, 7) is 16.0. The van der Waals surface area contributed by atoms with Crippen molar-refractivity contribution in [1.29, 1.82) is 0 Å². The normalized spacial score (nSPS) is 21.9. The number of rotatable bonds is 6. The van der Waals surface area contributed by atoms with Crippen LogP contribution in [0, 0.1) is 6.57 Å². The Labute approximate surface area is 254 Å². The third kappa shape index (κ3) is 7.03. The van der Waals surface area contributed by atoms with Gasteiger partial charge in [0.15, 0.2) is 5.69 Å². The number of benzene rings is 2. The maximum atomic E-state index is 13.2. The summed E-state index contributed by atoms with van der Waals surface area (Å²) in [6, 6.07) is 9.91. The number of piperidine rings is 2. The highest BCUT2D eigenvalue weighted by Gasteiger charge is 2.40. The first-order chi connectivity index (χ1) is 19.9. The molecule has 0 saturated carbocycles. The van der Waals surface area contributed by atoms with Gasteiger partial charge < -0.3 is 14.4 Å². The third-order valence-corrected chi connectivity index (χ3v) is 9.90. The summed E-state index contributed by atoms with van der Waals surface area (Å²) in [5, 5.41) is 0.511. The first-order valence-electron chi connectivity index (χ1n) is 14.6. The average Bonchev–Trinajstić information content (AvgIpc) is 3.30. The maximum Gasteiger partial charge on any atom is 0.410 e. The molecule has 2 atom stereocenters. The van der Waals surface area contributed by atoms with Crippen LogP contribution in [-0.2, 0) is 21.2 Å². The topological polar surface area (TPSA) is 92.5 Å². The molecule has 0 unspecified atom stereocenters. The van der Waals surface area contributed by atoms with Gasteiger partial charge in [-0.25, -0.2) is 22.8 Å². The number of nitrogens with one attached hydrogen (secondary N) is 1. The minimum absolute atomic E-state index is 0.0795. The van der Waals surface area contributed by atoms with E-state index in [1.54, 1.807) is 35.2 Å². The lowest BCUT2D eigenvalue weighted by atomic mass is 10.0. The van der Waals surface area contributed by atoms with Gasteiger partial charge in [0, 0.05) is 24.2 Å². The lowest BCUT2D eigenvalue weighted by molar-refractivity contribution is 0.0203. The van der Waals surface area contributed by atoms with Gasteiger partial charge in [0.05, 0.1) is 17.5 Å².